The Labute approximate surface area is 203 Å². The van der Waals surface area contributed by atoms with Gasteiger partial charge in [0, 0.05) is 63.8 Å². The SMILES string of the molecule is CCC1CN(C(C)c2ccc(C(C)C)nc2)CCN1/C(=C/C=O)c1nc(CC#N)cn1N(C)C. The molecule has 34 heavy (non-hydrogen) atoms. The third-order valence-corrected chi connectivity index (χ3v) is 6.61. The second-order valence-corrected chi connectivity index (χ2v) is 9.37. The van der Waals surface area contributed by atoms with Crippen molar-refractivity contribution in [1.29, 1.82) is 5.26 Å². The van der Waals surface area contributed by atoms with Crippen molar-refractivity contribution in [2.75, 3.05) is 38.7 Å². The van der Waals surface area contributed by atoms with Crippen LogP contribution in [0.15, 0.2) is 30.6 Å². The average Bonchev–Trinajstić information content (AvgIpc) is 3.26. The van der Waals surface area contributed by atoms with Gasteiger partial charge in [-0.25, -0.2) is 9.66 Å². The maximum atomic E-state index is 11.6. The number of pyridine rings is 1. The van der Waals surface area contributed by atoms with E-state index >= 15 is 0 Å². The first-order chi connectivity index (χ1) is 16.3. The summed E-state index contributed by atoms with van der Waals surface area (Å²) in [6, 6.07) is 6.99. The number of hydrogen-bond donors (Lipinski definition) is 0. The van der Waals surface area contributed by atoms with Crippen LogP contribution in [-0.4, -0.2) is 70.5 Å². The van der Waals surface area contributed by atoms with E-state index in [4.69, 9.17) is 10.2 Å². The van der Waals surface area contributed by atoms with Gasteiger partial charge in [0.15, 0.2) is 5.82 Å². The van der Waals surface area contributed by atoms with Gasteiger partial charge in [0.25, 0.3) is 0 Å². The number of hydrogen-bond acceptors (Lipinski definition) is 7. The standard InChI is InChI=1S/C26H37N7O/c1-7-23-18-31(20(4)21-8-9-24(19(2)3)28-16-21)13-14-32(23)25(11-15-34)26-29-22(10-12-27)17-33(26)30(5)6/h8-9,11,15-17,19-20,23H,7,10,13-14,18H2,1-6H3/b25-11+. The molecule has 1 aliphatic heterocycles. The highest BCUT2D eigenvalue weighted by Gasteiger charge is 2.32. The molecule has 1 fully saturated rings. The number of rotatable bonds is 9. The highest BCUT2D eigenvalue weighted by atomic mass is 16.1. The van der Waals surface area contributed by atoms with Crippen molar-refractivity contribution in [3.8, 4) is 6.07 Å². The Morgan fingerprint density at radius 2 is 2.06 bits per heavy atom. The van der Waals surface area contributed by atoms with Crippen molar-refractivity contribution < 1.29 is 4.79 Å². The minimum absolute atomic E-state index is 0.230. The Balaban J connectivity index is 1.85. The second-order valence-electron chi connectivity index (χ2n) is 9.37. The molecule has 0 aromatic carbocycles. The highest BCUT2D eigenvalue weighted by Crippen LogP contribution is 2.30. The van der Waals surface area contributed by atoms with Crippen molar-refractivity contribution in [2.45, 2.75) is 58.5 Å². The fourth-order valence-electron chi connectivity index (χ4n) is 4.54. The zero-order chi connectivity index (χ0) is 24.8. The summed E-state index contributed by atoms with van der Waals surface area (Å²) in [4.78, 5) is 25.8. The minimum Gasteiger partial charge on any atom is -0.363 e. The van der Waals surface area contributed by atoms with Gasteiger partial charge >= 0.3 is 0 Å². The van der Waals surface area contributed by atoms with Crippen LogP contribution in [0.25, 0.3) is 5.70 Å². The van der Waals surface area contributed by atoms with Crippen LogP contribution in [0.5, 0.6) is 0 Å². The maximum Gasteiger partial charge on any atom is 0.175 e. The zero-order valence-corrected chi connectivity index (χ0v) is 21.3. The number of nitriles is 1. The van der Waals surface area contributed by atoms with Gasteiger partial charge < -0.3 is 9.91 Å². The van der Waals surface area contributed by atoms with Crippen LogP contribution in [-0.2, 0) is 11.2 Å². The van der Waals surface area contributed by atoms with Gasteiger partial charge in [-0.1, -0.05) is 26.8 Å². The summed E-state index contributed by atoms with van der Waals surface area (Å²) < 4.78 is 1.91. The molecule has 2 atom stereocenters. The summed E-state index contributed by atoms with van der Waals surface area (Å²) in [5.74, 6) is 1.11. The second kappa shape index (κ2) is 11.3. The molecule has 2 aromatic heterocycles. The van der Waals surface area contributed by atoms with Gasteiger partial charge in [-0.3, -0.25) is 14.7 Å². The lowest BCUT2D eigenvalue weighted by molar-refractivity contribution is -0.104. The minimum atomic E-state index is 0.230. The Morgan fingerprint density at radius 1 is 1.29 bits per heavy atom. The Morgan fingerprint density at radius 3 is 2.62 bits per heavy atom. The van der Waals surface area contributed by atoms with E-state index in [1.165, 1.54) is 5.56 Å². The molecule has 0 radical (unpaired) electrons. The molecule has 8 nitrogen and oxygen atoms in total. The lowest BCUT2D eigenvalue weighted by atomic mass is 10.0. The predicted octanol–water partition coefficient (Wildman–Crippen LogP) is 3.36. The number of imidazole rings is 1. The largest absolute Gasteiger partial charge is 0.363 e. The molecule has 182 valence electrons. The normalized spacial score (nSPS) is 18.1. The molecule has 0 amide bonds. The molecule has 1 saturated heterocycles. The van der Waals surface area contributed by atoms with E-state index in [1.807, 2.05) is 36.2 Å². The topological polar surface area (TPSA) is 81.3 Å². The van der Waals surface area contributed by atoms with E-state index in [9.17, 15) is 4.79 Å². The third-order valence-electron chi connectivity index (χ3n) is 6.61. The molecule has 2 unspecified atom stereocenters. The summed E-state index contributed by atoms with van der Waals surface area (Å²) in [6.45, 7) is 11.3. The van der Waals surface area contributed by atoms with Crippen molar-refractivity contribution in [1.82, 2.24) is 24.4 Å². The summed E-state index contributed by atoms with van der Waals surface area (Å²) in [7, 11) is 3.85. The summed E-state index contributed by atoms with van der Waals surface area (Å²) in [6.07, 6.45) is 7.48. The molecule has 2 aromatic rings. The van der Waals surface area contributed by atoms with Gasteiger partial charge in [-0.05, 0) is 30.9 Å². The van der Waals surface area contributed by atoms with E-state index < -0.39 is 0 Å². The molecule has 0 aliphatic carbocycles. The molecular weight excluding hydrogens is 426 g/mol. The van der Waals surface area contributed by atoms with Gasteiger partial charge in [0.2, 0.25) is 0 Å². The number of aldehydes is 1. The Kier molecular flexibility index (Phi) is 8.46. The zero-order valence-electron chi connectivity index (χ0n) is 21.3. The fourth-order valence-corrected chi connectivity index (χ4v) is 4.54. The number of aromatic nitrogens is 3. The quantitative estimate of drug-likeness (QED) is 0.417. The Bertz CT molecular complexity index is 1030. The predicted molar refractivity (Wildman–Crippen MR) is 135 cm³/mol. The molecule has 3 heterocycles. The fraction of sp³-hybridized carbons (Fsp3) is 0.538. The van der Waals surface area contributed by atoms with Crippen LogP contribution in [0.2, 0.25) is 0 Å². The number of nitrogens with zero attached hydrogens (tertiary/aromatic N) is 7. The van der Waals surface area contributed by atoms with Crippen LogP contribution in [0, 0.1) is 11.3 Å². The third kappa shape index (κ3) is 5.48. The van der Waals surface area contributed by atoms with Gasteiger partial charge in [-0.2, -0.15) is 5.26 Å². The first kappa shape index (κ1) is 25.4. The Hall–Kier alpha value is -3.18. The van der Waals surface area contributed by atoms with Crippen molar-refractivity contribution >= 4 is 12.0 Å². The van der Waals surface area contributed by atoms with E-state index in [0.29, 0.717) is 17.4 Å². The molecule has 3 rings (SSSR count). The van der Waals surface area contributed by atoms with E-state index in [-0.39, 0.29) is 18.5 Å². The van der Waals surface area contributed by atoms with Gasteiger partial charge in [0.1, 0.15) is 6.29 Å². The lowest BCUT2D eigenvalue weighted by Gasteiger charge is -2.45. The summed E-state index contributed by atoms with van der Waals surface area (Å²) >= 11 is 0. The molecule has 8 heteroatoms. The number of carbonyl (C=O) groups excluding carboxylic acids is 1. The van der Waals surface area contributed by atoms with Crippen LogP contribution in [0.1, 0.15) is 68.9 Å². The van der Waals surface area contributed by atoms with Crippen molar-refractivity contribution in [3.05, 3.63) is 53.4 Å². The lowest BCUT2D eigenvalue weighted by Crippen LogP contribution is -2.52. The molecular formula is C26H37N7O. The molecule has 0 saturated carbocycles. The molecule has 0 bridgehead atoms. The van der Waals surface area contributed by atoms with Crippen LogP contribution < -0.4 is 5.01 Å². The van der Waals surface area contributed by atoms with Crippen LogP contribution in [0.4, 0.5) is 0 Å². The van der Waals surface area contributed by atoms with Crippen molar-refractivity contribution in [3.63, 3.8) is 0 Å². The van der Waals surface area contributed by atoms with Gasteiger partial charge in [0.05, 0.1) is 30.1 Å². The smallest absolute Gasteiger partial charge is 0.175 e. The first-order valence-electron chi connectivity index (χ1n) is 12.1. The van der Waals surface area contributed by atoms with Gasteiger partial charge in [-0.15, -0.1) is 0 Å². The molecule has 0 N–H and O–H groups in total. The number of carbonyl (C=O) groups is 1. The molecule has 0 spiro atoms. The molecule has 1 aliphatic rings. The summed E-state index contributed by atoms with van der Waals surface area (Å²) in [5.41, 5.74) is 3.83. The average molecular weight is 464 g/mol. The number of piperazine rings is 1. The van der Waals surface area contributed by atoms with E-state index in [1.54, 1.807) is 6.08 Å². The monoisotopic (exact) mass is 463 g/mol. The maximum absolute atomic E-state index is 11.6. The van der Waals surface area contributed by atoms with E-state index in [2.05, 4.69) is 60.7 Å². The van der Waals surface area contributed by atoms with Crippen LogP contribution in [0.3, 0.4) is 0 Å². The van der Waals surface area contributed by atoms with Crippen LogP contribution >= 0.6 is 0 Å². The van der Waals surface area contributed by atoms with Crippen molar-refractivity contribution in [2.24, 2.45) is 0 Å². The first-order valence-corrected chi connectivity index (χ1v) is 12.1. The summed E-state index contributed by atoms with van der Waals surface area (Å²) in [5, 5.41) is 11.1. The highest BCUT2D eigenvalue weighted by molar-refractivity contribution is 5.79. The van der Waals surface area contributed by atoms with E-state index in [0.717, 1.165) is 43.7 Å². The number of allylic oxidation sites excluding steroid dienone is 1.